The lowest BCUT2D eigenvalue weighted by molar-refractivity contribution is 0.0583. The number of piperidine rings is 1. The van der Waals surface area contributed by atoms with Crippen LogP contribution in [-0.2, 0) is 0 Å². The third kappa shape index (κ3) is 2.57. The van der Waals surface area contributed by atoms with Crippen LogP contribution >= 0.6 is 0 Å². The van der Waals surface area contributed by atoms with E-state index in [1.54, 1.807) is 18.2 Å². The van der Waals surface area contributed by atoms with Crippen LogP contribution in [0.2, 0.25) is 0 Å². The largest absolute Gasteiger partial charge is 0.384 e. The highest BCUT2D eigenvalue weighted by Crippen LogP contribution is 2.23. The Balaban J connectivity index is 2.15. The van der Waals surface area contributed by atoms with E-state index in [9.17, 15) is 4.79 Å². The number of aromatic nitrogens is 1. The summed E-state index contributed by atoms with van der Waals surface area (Å²) in [5, 5.41) is 0. The molecule has 2 N–H and O–H groups in total. The van der Waals surface area contributed by atoms with Crippen LogP contribution in [0.3, 0.4) is 0 Å². The number of rotatable bonds is 1. The van der Waals surface area contributed by atoms with Gasteiger partial charge in [-0.15, -0.1) is 0 Å². The van der Waals surface area contributed by atoms with Gasteiger partial charge >= 0.3 is 0 Å². The fraction of sp³-hybridized carbons (Fsp3) is 0.538. The van der Waals surface area contributed by atoms with Gasteiger partial charge in [0.1, 0.15) is 11.5 Å². The lowest BCUT2D eigenvalue weighted by Gasteiger charge is -2.36. The Labute approximate surface area is 102 Å². The van der Waals surface area contributed by atoms with Crippen molar-refractivity contribution in [1.82, 2.24) is 9.88 Å². The average Bonchev–Trinajstić information content (AvgIpc) is 2.28. The average molecular weight is 233 g/mol. The van der Waals surface area contributed by atoms with Crippen LogP contribution in [0.5, 0.6) is 0 Å². The summed E-state index contributed by atoms with van der Waals surface area (Å²) < 4.78 is 0. The van der Waals surface area contributed by atoms with Crippen molar-refractivity contribution in [3.05, 3.63) is 23.9 Å². The van der Waals surface area contributed by atoms with Gasteiger partial charge in [-0.3, -0.25) is 4.79 Å². The maximum Gasteiger partial charge on any atom is 0.272 e. The molecule has 2 atom stereocenters. The molecule has 92 valence electrons. The van der Waals surface area contributed by atoms with E-state index in [-0.39, 0.29) is 11.9 Å². The molecule has 0 aliphatic carbocycles. The number of pyridine rings is 1. The van der Waals surface area contributed by atoms with Gasteiger partial charge in [0.25, 0.3) is 5.91 Å². The number of likely N-dealkylation sites (tertiary alicyclic amines) is 1. The van der Waals surface area contributed by atoms with E-state index in [0.717, 1.165) is 19.4 Å². The molecule has 1 aromatic rings. The first kappa shape index (κ1) is 11.9. The molecular weight excluding hydrogens is 214 g/mol. The van der Waals surface area contributed by atoms with Gasteiger partial charge in [0, 0.05) is 12.6 Å². The molecule has 2 heterocycles. The molecule has 0 unspecified atom stereocenters. The minimum atomic E-state index is -0.00306. The number of nitrogens with zero attached hydrogens (tertiary/aromatic N) is 2. The fourth-order valence-corrected chi connectivity index (χ4v) is 2.43. The maximum atomic E-state index is 12.3. The predicted octanol–water partition coefficient (Wildman–Crippen LogP) is 1.92. The maximum absolute atomic E-state index is 12.3. The van der Waals surface area contributed by atoms with Crippen molar-refractivity contribution >= 4 is 11.7 Å². The second-order valence-electron chi connectivity index (χ2n) is 4.92. The first-order valence-corrected chi connectivity index (χ1v) is 6.11. The number of anilines is 1. The molecule has 0 aromatic carbocycles. The monoisotopic (exact) mass is 233 g/mol. The van der Waals surface area contributed by atoms with E-state index >= 15 is 0 Å². The van der Waals surface area contributed by atoms with E-state index in [1.165, 1.54) is 0 Å². The molecule has 1 aliphatic rings. The van der Waals surface area contributed by atoms with Gasteiger partial charge in [0.05, 0.1) is 0 Å². The summed E-state index contributed by atoms with van der Waals surface area (Å²) in [5.74, 6) is 1.09. The number of hydrogen-bond donors (Lipinski definition) is 1. The molecule has 1 aromatic heterocycles. The van der Waals surface area contributed by atoms with Crippen LogP contribution in [-0.4, -0.2) is 28.4 Å². The van der Waals surface area contributed by atoms with Crippen LogP contribution in [0, 0.1) is 5.92 Å². The molecule has 1 fully saturated rings. The molecule has 0 bridgehead atoms. The molecular formula is C13H19N3O. The Hall–Kier alpha value is -1.58. The zero-order valence-corrected chi connectivity index (χ0v) is 10.4. The van der Waals surface area contributed by atoms with Crippen LogP contribution < -0.4 is 5.73 Å². The SMILES string of the molecule is C[C@@H]1CCN(C(=O)c2cccc(N)n2)[C@@H](C)C1. The van der Waals surface area contributed by atoms with Crippen molar-refractivity contribution in [2.45, 2.75) is 32.7 Å². The first-order chi connectivity index (χ1) is 8.08. The third-order valence-electron chi connectivity index (χ3n) is 3.39. The van der Waals surface area contributed by atoms with E-state index in [0.29, 0.717) is 17.4 Å². The number of amides is 1. The lowest BCUT2D eigenvalue weighted by atomic mass is 9.93. The van der Waals surface area contributed by atoms with E-state index in [4.69, 9.17) is 5.73 Å². The molecule has 1 saturated heterocycles. The highest BCUT2D eigenvalue weighted by atomic mass is 16.2. The van der Waals surface area contributed by atoms with Crippen LogP contribution in [0.15, 0.2) is 18.2 Å². The second-order valence-corrected chi connectivity index (χ2v) is 4.92. The molecule has 0 saturated carbocycles. The van der Waals surface area contributed by atoms with Crippen molar-refractivity contribution in [1.29, 1.82) is 0 Å². The summed E-state index contributed by atoms with van der Waals surface area (Å²) in [6.07, 6.45) is 2.13. The topological polar surface area (TPSA) is 59.2 Å². The van der Waals surface area contributed by atoms with E-state index in [1.807, 2.05) is 4.90 Å². The zero-order valence-electron chi connectivity index (χ0n) is 10.4. The van der Waals surface area contributed by atoms with Gasteiger partial charge in [-0.2, -0.15) is 0 Å². The fourth-order valence-electron chi connectivity index (χ4n) is 2.43. The summed E-state index contributed by atoms with van der Waals surface area (Å²) in [4.78, 5) is 18.3. The van der Waals surface area contributed by atoms with Crippen molar-refractivity contribution in [3.63, 3.8) is 0 Å². The third-order valence-corrected chi connectivity index (χ3v) is 3.39. The van der Waals surface area contributed by atoms with Gasteiger partial charge < -0.3 is 10.6 Å². The Kier molecular flexibility index (Phi) is 3.31. The summed E-state index contributed by atoms with van der Waals surface area (Å²) in [6.45, 7) is 5.15. The summed E-state index contributed by atoms with van der Waals surface area (Å²) in [5.41, 5.74) is 6.05. The molecule has 17 heavy (non-hydrogen) atoms. The van der Waals surface area contributed by atoms with Gasteiger partial charge in [-0.05, 0) is 37.8 Å². The molecule has 4 heteroatoms. The molecule has 2 rings (SSSR count). The first-order valence-electron chi connectivity index (χ1n) is 6.11. The lowest BCUT2D eigenvalue weighted by Crippen LogP contribution is -2.44. The van der Waals surface area contributed by atoms with Crippen molar-refractivity contribution < 1.29 is 4.79 Å². The van der Waals surface area contributed by atoms with Crippen LogP contribution in [0.4, 0.5) is 5.82 Å². The van der Waals surface area contributed by atoms with Crippen LogP contribution in [0.1, 0.15) is 37.2 Å². The highest BCUT2D eigenvalue weighted by molar-refractivity contribution is 5.92. The number of hydrogen-bond acceptors (Lipinski definition) is 3. The second kappa shape index (κ2) is 4.73. The van der Waals surface area contributed by atoms with Crippen molar-refractivity contribution in [2.75, 3.05) is 12.3 Å². The number of nitrogens with two attached hydrogens (primary N) is 1. The molecule has 1 amide bonds. The number of carbonyl (C=O) groups is 1. The predicted molar refractivity (Wildman–Crippen MR) is 67.5 cm³/mol. The summed E-state index contributed by atoms with van der Waals surface area (Å²) in [7, 11) is 0. The van der Waals surface area contributed by atoms with Gasteiger partial charge in [-0.1, -0.05) is 13.0 Å². The Bertz CT molecular complexity index is 419. The Morgan fingerprint density at radius 3 is 2.88 bits per heavy atom. The Morgan fingerprint density at radius 1 is 1.47 bits per heavy atom. The van der Waals surface area contributed by atoms with E-state index < -0.39 is 0 Å². The number of nitrogen functional groups attached to an aromatic ring is 1. The highest BCUT2D eigenvalue weighted by Gasteiger charge is 2.27. The minimum Gasteiger partial charge on any atom is -0.384 e. The van der Waals surface area contributed by atoms with Crippen molar-refractivity contribution in [3.8, 4) is 0 Å². The van der Waals surface area contributed by atoms with Crippen LogP contribution in [0.25, 0.3) is 0 Å². The summed E-state index contributed by atoms with van der Waals surface area (Å²) in [6, 6.07) is 5.48. The normalized spacial score (nSPS) is 24.7. The molecule has 0 radical (unpaired) electrons. The molecule has 1 aliphatic heterocycles. The van der Waals surface area contributed by atoms with Gasteiger partial charge in [0.15, 0.2) is 0 Å². The smallest absolute Gasteiger partial charge is 0.272 e. The quantitative estimate of drug-likeness (QED) is 0.806. The molecule has 0 spiro atoms. The summed E-state index contributed by atoms with van der Waals surface area (Å²) >= 11 is 0. The van der Waals surface area contributed by atoms with Gasteiger partial charge in [0.2, 0.25) is 0 Å². The Morgan fingerprint density at radius 2 is 2.24 bits per heavy atom. The minimum absolute atomic E-state index is 0.00306. The molecule has 4 nitrogen and oxygen atoms in total. The standard InChI is InChI=1S/C13H19N3O/c1-9-6-7-16(10(2)8-9)13(17)11-4-3-5-12(14)15-11/h3-5,9-10H,6-8H2,1-2H3,(H2,14,15)/t9-,10+/m1/s1. The zero-order chi connectivity index (χ0) is 12.4. The van der Waals surface area contributed by atoms with E-state index in [2.05, 4.69) is 18.8 Å². The number of carbonyl (C=O) groups excluding carboxylic acids is 1. The van der Waals surface area contributed by atoms with Gasteiger partial charge in [-0.25, -0.2) is 4.98 Å². The van der Waals surface area contributed by atoms with Crippen molar-refractivity contribution in [2.24, 2.45) is 5.92 Å².